The van der Waals surface area contributed by atoms with Crippen LogP contribution in [-0.4, -0.2) is 24.5 Å². The van der Waals surface area contributed by atoms with Crippen LogP contribution in [0.4, 0.5) is 0 Å². The van der Waals surface area contributed by atoms with Crippen LogP contribution in [0.5, 0.6) is 0 Å². The van der Waals surface area contributed by atoms with Gasteiger partial charge < -0.3 is 10.6 Å². The number of nitrogens with zero attached hydrogens (tertiary/aromatic N) is 1. The van der Waals surface area contributed by atoms with Gasteiger partial charge in [-0.2, -0.15) is 0 Å². The molecule has 0 saturated carbocycles. The molecule has 2 rings (SSSR count). The second-order valence-electron chi connectivity index (χ2n) is 4.72. The van der Waals surface area contributed by atoms with E-state index in [-0.39, 0.29) is 11.9 Å². The van der Waals surface area contributed by atoms with Crippen molar-refractivity contribution in [2.45, 2.75) is 19.4 Å². The molecule has 112 valence electrons. The smallest absolute Gasteiger partial charge is 0.221 e. The average molecular weight is 368 g/mol. The first-order chi connectivity index (χ1) is 10.1. The number of rotatable bonds is 6. The van der Waals surface area contributed by atoms with Crippen LogP contribution in [0.25, 0.3) is 11.3 Å². The lowest BCUT2D eigenvalue weighted by molar-refractivity contribution is -0.121. The molecule has 0 aliphatic rings. The standard InChI is InChI=1S/C15H18BrN3OS/c1-10(18-14(20)7-8-17-2)15-19-13(9-21-15)11-3-5-12(16)6-4-11/h3-6,9-10,17H,7-8H2,1-2H3,(H,18,20). The molecule has 0 radical (unpaired) electrons. The Labute approximate surface area is 137 Å². The fourth-order valence-corrected chi connectivity index (χ4v) is 2.95. The second-order valence-corrected chi connectivity index (χ2v) is 6.53. The molecule has 2 aromatic rings. The molecule has 1 aromatic heterocycles. The van der Waals surface area contributed by atoms with Crippen LogP contribution in [0.2, 0.25) is 0 Å². The zero-order chi connectivity index (χ0) is 15.2. The van der Waals surface area contributed by atoms with Gasteiger partial charge in [0.15, 0.2) is 0 Å². The van der Waals surface area contributed by atoms with Crippen molar-refractivity contribution in [2.24, 2.45) is 0 Å². The van der Waals surface area contributed by atoms with E-state index in [1.807, 2.05) is 43.6 Å². The predicted molar refractivity (Wildman–Crippen MR) is 90.4 cm³/mol. The Balaban J connectivity index is 2.02. The van der Waals surface area contributed by atoms with Crippen LogP contribution in [-0.2, 0) is 4.79 Å². The molecular formula is C15H18BrN3OS. The number of thiazole rings is 1. The summed E-state index contributed by atoms with van der Waals surface area (Å²) in [5, 5.41) is 8.88. The predicted octanol–water partition coefficient (Wildman–Crippen LogP) is 3.36. The van der Waals surface area contributed by atoms with Crippen LogP contribution in [0.15, 0.2) is 34.1 Å². The third-order valence-corrected chi connectivity index (χ3v) is 4.57. The molecule has 0 aliphatic carbocycles. The maximum absolute atomic E-state index is 11.7. The maximum Gasteiger partial charge on any atom is 0.221 e. The minimum Gasteiger partial charge on any atom is -0.347 e. The quantitative estimate of drug-likeness (QED) is 0.822. The van der Waals surface area contributed by atoms with Crippen LogP contribution in [0.3, 0.4) is 0 Å². The van der Waals surface area contributed by atoms with Crippen LogP contribution in [0.1, 0.15) is 24.4 Å². The minimum absolute atomic E-state index is 0.0391. The Kier molecular flexibility index (Phi) is 5.90. The summed E-state index contributed by atoms with van der Waals surface area (Å²) in [6.07, 6.45) is 0.478. The summed E-state index contributed by atoms with van der Waals surface area (Å²) in [5.41, 5.74) is 2.02. The lowest BCUT2D eigenvalue weighted by atomic mass is 10.2. The molecule has 0 aliphatic heterocycles. The number of aromatic nitrogens is 1. The van der Waals surface area contributed by atoms with Gasteiger partial charge in [0, 0.05) is 28.4 Å². The Morgan fingerprint density at radius 1 is 1.38 bits per heavy atom. The zero-order valence-corrected chi connectivity index (χ0v) is 14.4. The van der Waals surface area contributed by atoms with E-state index in [9.17, 15) is 4.79 Å². The van der Waals surface area contributed by atoms with Crippen molar-refractivity contribution in [3.63, 3.8) is 0 Å². The zero-order valence-electron chi connectivity index (χ0n) is 12.0. The van der Waals surface area contributed by atoms with E-state index in [1.165, 1.54) is 0 Å². The highest BCUT2D eigenvalue weighted by atomic mass is 79.9. The topological polar surface area (TPSA) is 54.0 Å². The molecule has 1 atom stereocenters. The van der Waals surface area contributed by atoms with Crippen molar-refractivity contribution < 1.29 is 4.79 Å². The summed E-state index contributed by atoms with van der Waals surface area (Å²) >= 11 is 4.99. The number of benzene rings is 1. The van der Waals surface area contributed by atoms with Gasteiger partial charge >= 0.3 is 0 Å². The van der Waals surface area contributed by atoms with Crippen molar-refractivity contribution in [3.8, 4) is 11.3 Å². The normalized spacial score (nSPS) is 12.1. The highest BCUT2D eigenvalue weighted by molar-refractivity contribution is 9.10. The number of halogens is 1. The molecule has 1 amide bonds. The number of carbonyl (C=O) groups is 1. The van der Waals surface area contributed by atoms with Gasteiger partial charge in [0.2, 0.25) is 5.91 Å². The third-order valence-electron chi connectivity index (χ3n) is 3.01. The number of amides is 1. The van der Waals surface area contributed by atoms with Crippen molar-refractivity contribution in [3.05, 3.63) is 39.1 Å². The number of nitrogens with one attached hydrogen (secondary N) is 2. The Morgan fingerprint density at radius 2 is 2.10 bits per heavy atom. The number of hydrogen-bond donors (Lipinski definition) is 2. The van der Waals surface area contributed by atoms with Gasteiger partial charge in [0.25, 0.3) is 0 Å². The molecule has 0 fully saturated rings. The molecule has 4 nitrogen and oxygen atoms in total. The van der Waals surface area contributed by atoms with Crippen molar-refractivity contribution >= 4 is 33.2 Å². The third kappa shape index (κ3) is 4.62. The van der Waals surface area contributed by atoms with Crippen molar-refractivity contribution in [1.29, 1.82) is 0 Å². The fourth-order valence-electron chi connectivity index (χ4n) is 1.85. The van der Waals surface area contributed by atoms with Crippen LogP contribution >= 0.6 is 27.3 Å². The molecule has 1 heterocycles. The average Bonchev–Trinajstić information content (AvgIpc) is 2.96. The van der Waals surface area contributed by atoms with Gasteiger partial charge in [-0.25, -0.2) is 4.98 Å². The summed E-state index contributed by atoms with van der Waals surface area (Å²) in [7, 11) is 1.84. The van der Waals surface area contributed by atoms with Gasteiger partial charge in [-0.15, -0.1) is 11.3 Å². The summed E-state index contributed by atoms with van der Waals surface area (Å²) in [6, 6.07) is 7.98. The largest absolute Gasteiger partial charge is 0.347 e. The lowest BCUT2D eigenvalue weighted by Gasteiger charge is -2.10. The Morgan fingerprint density at radius 3 is 2.76 bits per heavy atom. The lowest BCUT2D eigenvalue weighted by Crippen LogP contribution is -2.28. The fraction of sp³-hybridized carbons (Fsp3) is 0.333. The SMILES string of the molecule is CNCCC(=O)NC(C)c1nc(-c2ccc(Br)cc2)cs1. The molecule has 6 heteroatoms. The first-order valence-electron chi connectivity index (χ1n) is 6.75. The Hall–Kier alpha value is -1.24. The molecule has 0 spiro atoms. The molecule has 2 N–H and O–H groups in total. The van der Waals surface area contributed by atoms with E-state index in [0.29, 0.717) is 13.0 Å². The summed E-state index contributed by atoms with van der Waals surface area (Å²) < 4.78 is 1.05. The van der Waals surface area contributed by atoms with Gasteiger partial charge in [0.05, 0.1) is 11.7 Å². The monoisotopic (exact) mass is 367 g/mol. The van der Waals surface area contributed by atoms with E-state index >= 15 is 0 Å². The minimum atomic E-state index is -0.0662. The molecule has 21 heavy (non-hydrogen) atoms. The highest BCUT2D eigenvalue weighted by Crippen LogP contribution is 2.26. The molecular weight excluding hydrogens is 350 g/mol. The van der Waals surface area contributed by atoms with Gasteiger partial charge in [-0.3, -0.25) is 4.79 Å². The molecule has 0 bridgehead atoms. The van der Waals surface area contributed by atoms with E-state index in [0.717, 1.165) is 20.7 Å². The van der Waals surface area contributed by atoms with Crippen molar-refractivity contribution in [1.82, 2.24) is 15.6 Å². The molecule has 0 saturated heterocycles. The summed E-state index contributed by atoms with van der Waals surface area (Å²) in [5.74, 6) is 0.0391. The number of carbonyl (C=O) groups excluding carboxylic acids is 1. The summed E-state index contributed by atoms with van der Waals surface area (Å²) in [4.78, 5) is 16.3. The van der Waals surface area contributed by atoms with E-state index in [2.05, 4.69) is 31.5 Å². The van der Waals surface area contributed by atoms with Gasteiger partial charge in [-0.1, -0.05) is 28.1 Å². The van der Waals surface area contributed by atoms with Crippen LogP contribution in [0, 0.1) is 0 Å². The van der Waals surface area contributed by atoms with E-state index < -0.39 is 0 Å². The maximum atomic E-state index is 11.7. The number of hydrogen-bond acceptors (Lipinski definition) is 4. The highest BCUT2D eigenvalue weighted by Gasteiger charge is 2.13. The van der Waals surface area contributed by atoms with E-state index in [1.54, 1.807) is 11.3 Å². The van der Waals surface area contributed by atoms with Crippen molar-refractivity contribution in [2.75, 3.05) is 13.6 Å². The van der Waals surface area contributed by atoms with Gasteiger partial charge in [-0.05, 0) is 26.1 Å². The first kappa shape index (κ1) is 16.1. The Bertz CT molecular complexity index is 597. The summed E-state index contributed by atoms with van der Waals surface area (Å²) in [6.45, 7) is 2.64. The van der Waals surface area contributed by atoms with Gasteiger partial charge in [0.1, 0.15) is 5.01 Å². The molecule has 1 aromatic carbocycles. The van der Waals surface area contributed by atoms with E-state index in [4.69, 9.17) is 0 Å². The van der Waals surface area contributed by atoms with Crippen LogP contribution < -0.4 is 10.6 Å². The first-order valence-corrected chi connectivity index (χ1v) is 8.42. The molecule has 1 unspecified atom stereocenters. The second kappa shape index (κ2) is 7.68.